The molecule has 0 aliphatic carbocycles. The molecule has 0 bridgehead atoms. The summed E-state index contributed by atoms with van der Waals surface area (Å²) in [5.41, 5.74) is 9.21. The maximum atomic E-state index is 13.4. The van der Waals surface area contributed by atoms with Crippen molar-refractivity contribution in [2.24, 2.45) is 0 Å². The molecule has 0 radical (unpaired) electrons. The second kappa shape index (κ2) is 9.20. The number of amides is 1. The van der Waals surface area contributed by atoms with Crippen molar-refractivity contribution in [1.82, 2.24) is 14.9 Å². The summed E-state index contributed by atoms with van der Waals surface area (Å²) in [5.74, 6) is -0.318. The predicted molar refractivity (Wildman–Crippen MR) is 115 cm³/mol. The standard InChI is InChI=1S/C24H24F2N4O/c25-19-8-3-16(4-9-19)5-12-22(31)30-13-1-2-18(15-30)23-21(14-28-24(27)29-23)17-6-10-20(26)11-7-17/h3-4,6-11,14,18H,1-2,5,12-13,15H2,(H2,27,28,29)/t18-/m0/s1. The zero-order chi connectivity index (χ0) is 21.8. The van der Waals surface area contributed by atoms with Gasteiger partial charge < -0.3 is 10.6 Å². The molecule has 3 aromatic rings. The first-order valence-corrected chi connectivity index (χ1v) is 10.4. The van der Waals surface area contributed by atoms with Crippen molar-refractivity contribution >= 4 is 11.9 Å². The molecule has 0 unspecified atom stereocenters. The summed E-state index contributed by atoms with van der Waals surface area (Å²) in [6.07, 6.45) is 4.35. The van der Waals surface area contributed by atoms with Crippen LogP contribution in [0.3, 0.4) is 0 Å². The Hall–Kier alpha value is -3.35. The lowest BCUT2D eigenvalue weighted by Gasteiger charge is -2.33. The van der Waals surface area contributed by atoms with Gasteiger partial charge in [0.25, 0.3) is 0 Å². The number of likely N-dealkylation sites (tertiary alicyclic amines) is 1. The predicted octanol–water partition coefficient (Wildman–Crippen LogP) is 4.34. The van der Waals surface area contributed by atoms with Crippen LogP contribution in [0.2, 0.25) is 0 Å². The average molecular weight is 422 g/mol. The number of nitrogens with zero attached hydrogens (tertiary/aromatic N) is 3. The van der Waals surface area contributed by atoms with E-state index in [4.69, 9.17) is 5.73 Å². The van der Waals surface area contributed by atoms with Gasteiger partial charge in [0.2, 0.25) is 11.9 Å². The van der Waals surface area contributed by atoms with Crippen LogP contribution in [-0.4, -0.2) is 33.9 Å². The fraction of sp³-hybridized carbons (Fsp3) is 0.292. The second-order valence-corrected chi connectivity index (χ2v) is 7.84. The number of nitrogen functional groups attached to an aromatic ring is 1. The number of halogens is 2. The molecule has 2 aromatic carbocycles. The van der Waals surface area contributed by atoms with Crippen LogP contribution in [0.1, 0.15) is 36.4 Å². The van der Waals surface area contributed by atoms with Gasteiger partial charge in [0.1, 0.15) is 11.6 Å². The van der Waals surface area contributed by atoms with Gasteiger partial charge in [-0.15, -0.1) is 0 Å². The quantitative estimate of drug-likeness (QED) is 0.664. The van der Waals surface area contributed by atoms with Crippen molar-refractivity contribution in [3.63, 3.8) is 0 Å². The summed E-state index contributed by atoms with van der Waals surface area (Å²) in [4.78, 5) is 23.3. The summed E-state index contributed by atoms with van der Waals surface area (Å²) in [7, 11) is 0. The van der Waals surface area contributed by atoms with E-state index < -0.39 is 0 Å². The van der Waals surface area contributed by atoms with E-state index in [1.807, 2.05) is 4.90 Å². The van der Waals surface area contributed by atoms with Crippen LogP contribution in [0.15, 0.2) is 54.7 Å². The van der Waals surface area contributed by atoms with Crippen LogP contribution in [0.25, 0.3) is 11.1 Å². The van der Waals surface area contributed by atoms with E-state index in [9.17, 15) is 13.6 Å². The third kappa shape index (κ3) is 5.05. The summed E-state index contributed by atoms with van der Waals surface area (Å²) >= 11 is 0. The Morgan fingerprint density at radius 1 is 1.06 bits per heavy atom. The van der Waals surface area contributed by atoms with Crippen LogP contribution >= 0.6 is 0 Å². The summed E-state index contributed by atoms with van der Waals surface area (Å²) in [6.45, 7) is 1.25. The molecule has 160 valence electrons. The van der Waals surface area contributed by atoms with E-state index in [1.54, 1.807) is 30.5 Å². The van der Waals surface area contributed by atoms with E-state index in [0.717, 1.165) is 35.2 Å². The molecule has 4 rings (SSSR count). The lowest BCUT2D eigenvalue weighted by molar-refractivity contribution is -0.132. The summed E-state index contributed by atoms with van der Waals surface area (Å²) in [5, 5.41) is 0. The lowest BCUT2D eigenvalue weighted by atomic mass is 9.89. The lowest BCUT2D eigenvalue weighted by Crippen LogP contribution is -2.39. The highest BCUT2D eigenvalue weighted by atomic mass is 19.1. The van der Waals surface area contributed by atoms with Gasteiger partial charge in [0.05, 0.1) is 5.69 Å². The number of benzene rings is 2. The SMILES string of the molecule is Nc1ncc(-c2ccc(F)cc2)c([C@H]2CCCN(C(=O)CCc3ccc(F)cc3)C2)n1. The largest absolute Gasteiger partial charge is 0.368 e. The average Bonchev–Trinajstić information content (AvgIpc) is 2.79. The van der Waals surface area contributed by atoms with Gasteiger partial charge in [-0.05, 0) is 54.7 Å². The van der Waals surface area contributed by atoms with Crippen molar-refractivity contribution in [2.45, 2.75) is 31.6 Å². The third-order valence-corrected chi connectivity index (χ3v) is 5.69. The maximum Gasteiger partial charge on any atom is 0.222 e. The zero-order valence-electron chi connectivity index (χ0n) is 17.1. The van der Waals surface area contributed by atoms with Gasteiger partial charge >= 0.3 is 0 Å². The first kappa shape index (κ1) is 20.9. The number of aromatic nitrogens is 2. The molecule has 1 amide bonds. The number of rotatable bonds is 5. The molecule has 1 saturated heterocycles. The number of carbonyl (C=O) groups excluding carboxylic acids is 1. The van der Waals surface area contributed by atoms with Crippen molar-refractivity contribution in [1.29, 1.82) is 0 Å². The van der Waals surface area contributed by atoms with Gasteiger partial charge in [0, 0.05) is 37.2 Å². The van der Waals surface area contributed by atoms with Crippen LogP contribution in [0.5, 0.6) is 0 Å². The smallest absolute Gasteiger partial charge is 0.222 e. The zero-order valence-corrected chi connectivity index (χ0v) is 17.1. The monoisotopic (exact) mass is 422 g/mol. The number of nitrogens with two attached hydrogens (primary N) is 1. The molecule has 1 aliphatic heterocycles. The summed E-state index contributed by atoms with van der Waals surface area (Å²) in [6, 6.07) is 12.4. The fourth-order valence-corrected chi connectivity index (χ4v) is 4.06. The number of carbonyl (C=O) groups is 1. The highest BCUT2D eigenvalue weighted by molar-refractivity contribution is 5.77. The van der Waals surface area contributed by atoms with Crippen LogP contribution in [0.4, 0.5) is 14.7 Å². The minimum atomic E-state index is -0.308. The molecule has 2 heterocycles. The third-order valence-electron chi connectivity index (χ3n) is 5.69. The van der Waals surface area contributed by atoms with Crippen molar-refractivity contribution < 1.29 is 13.6 Å². The van der Waals surface area contributed by atoms with Crippen LogP contribution in [0, 0.1) is 11.6 Å². The highest BCUT2D eigenvalue weighted by Crippen LogP contribution is 2.33. The number of aryl methyl sites for hydroxylation is 1. The summed E-state index contributed by atoms with van der Waals surface area (Å²) < 4.78 is 26.4. The second-order valence-electron chi connectivity index (χ2n) is 7.84. The Morgan fingerprint density at radius 2 is 1.74 bits per heavy atom. The Bertz CT molecular complexity index is 1050. The van der Waals surface area contributed by atoms with Gasteiger partial charge in [-0.1, -0.05) is 24.3 Å². The van der Waals surface area contributed by atoms with Crippen molar-refractivity contribution in [3.8, 4) is 11.1 Å². The van der Waals surface area contributed by atoms with E-state index in [2.05, 4.69) is 9.97 Å². The molecule has 0 spiro atoms. The number of hydrogen-bond acceptors (Lipinski definition) is 4. The Balaban J connectivity index is 1.49. The van der Waals surface area contributed by atoms with Crippen molar-refractivity contribution in [2.75, 3.05) is 18.8 Å². The van der Waals surface area contributed by atoms with E-state index in [1.165, 1.54) is 24.3 Å². The number of hydrogen-bond donors (Lipinski definition) is 1. The van der Waals surface area contributed by atoms with Gasteiger partial charge in [0.15, 0.2) is 0 Å². The first-order valence-electron chi connectivity index (χ1n) is 10.4. The molecular weight excluding hydrogens is 398 g/mol. The fourth-order valence-electron chi connectivity index (χ4n) is 4.06. The molecule has 31 heavy (non-hydrogen) atoms. The van der Waals surface area contributed by atoms with Crippen LogP contribution < -0.4 is 5.73 Å². The molecule has 1 fully saturated rings. The Labute approximate surface area is 179 Å². The molecule has 1 atom stereocenters. The molecule has 1 aliphatic rings. The van der Waals surface area contributed by atoms with Crippen LogP contribution in [-0.2, 0) is 11.2 Å². The van der Waals surface area contributed by atoms with Crippen molar-refractivity contribution in [3.05, 3.63) is 77.6 Å². The molecule has 7 heteroatoms. The molecule has 1 aromatic heterocycles. The van der Waals surface area contributed by atoms with E-state index >= 15 is 0 Å². The first-order chi connectivity index (χ1) is 15.0. The molecule has 5 nitrogen and oxygen atoms in total. The molecular formula is C24H24F2N4O. The maximum absolute atomic E-state index is 13.4. The number of anilines is 1. The Kier molecular flexibility index (Phi) is 6.21. The normalized spacial score (nSPS) is 16.3. The minimum Gasteiger partial charge on any atom is -0.368 e. The molecule has 0 saturated carbocycles. The highest BCUT2D eigenvalue weighted by Gasteiger charge is 2.28. The number of piperidine rings is 1. The topological polar surface area (TPSA) is 72.1 Å². The molecule has 2 N–H and O–H groups in total. The van der Waals surface area contributed by atoms with E-state index in [0.29, 0.717) is 25.9 Å². The van der Waals surface area contributed by atoms with Gasteiger partial charge in [-0.2, -0.15) is 0 Å². The van der Waals surface area contributed by atoms with Gasteiger partial charge in [-0.25, -0.2) is 18.7 Å². The van der Waals surface area contributed by atoms with E-state index in [-0.39, 0.29) is 29.4 Å². The Morgan fingerprint density at radius 3 is 2.45 bits per heavy atom. The minimum absolute atomic E-state index is 0.0221. The van der Waals surface area contributed by atoms with Gasteiger partial charge in [-0.3, -0.25) is 4.79 Å².